The van der Waals surface area contributed by atoms with Crippen molar-refractivity contribution in [1.82, 2.24) is 14.9 Å². The van der Waals surface area contributed by atoms with Crippen molar-refractivity contribution in [3.8, 4) is 0 Å². The van der Waals surface area contributed by atoms with Gasteiger partial charge in [0.2, 0.25) is 0 Å². The van der Waals surface area contributed by atoms with Gasteiger partial charge in [-0.2, -0.15) is 4.31 Å². The Morgan fingerprint density at radius 1 is 1.09 bits per heavy atom. The van der Waals surface area contributed by atoms with Crippen LogP contribution in [0.4, 0.5) is 0 Å². The van der Waals surface area contributed by atoms with Gasteiger partial charge in [-0.25, -0.2) is 8.42 Å². The zero-order valence-electron chi connectivity index (χ0n) is 20.0. The predicted octanol–water partition coefficient (Wildman–Crippen LogP) is 5.15. The predicted molar refractivity (Wildman–Crippen MR) is 138 cm³/mol. The number of carbonyl (C=O) groups is 1. The van der Waals surface area contributed by atoms with Crippen molar-refractivity contribution in [3.05, 3.63) is 51.9 Å². The van der Waals surface area contributed by atoms with E-state index in [1.165, 1.54) is 34.9 Å². The number of nitrogens with zero attached hydrogens (tertiary/aromatic N) is 1. The third-order valence-corrected chi connectivity index (χ3v) is 8.90. The van der Waals surface area contributed by atoms with Gasteiger partial charge in [0.15, 0.2) is 0 Å². The number of benzene rings is 1. The van der Waals surface area contributed by atoms with Gasteiger partial charge in [-0.3, -0.25) is 4.79 Å². The minimum Gasteiger partial charge on any atom is -0.347 e. The number of hydrogen-bond donors (Lipinski definition) is 2. The lowest BCUT2D eigenvalue weighted by Crippen LogP contribution is -2.41. The summed E-state index contributed by atoms with van der Waals surface area (Å²) in [6.45, 7) is 8.73. The Kier molecular flexibility index (Phi) is 10.8. The molecule has 0 bridgehead atoms. The molecule has 0 saturated heterocycles. The van der Waals surface area contributed by atoms with Crippen molar-refractivity contribution in [1.29, 1.82) is 0 Å². The molecule has 0 spiro atoms. The second-order valence-corrected chi connectivity index (χ2v) is 12.9. The Balaban J connectivity index is 1.88. The molecule has 2 aromatic rings. The van der Waals surface area contributed by atoms with Gasteiger partial charge in [-0.15, -0.1) is 11.3 Å². The summed E-state index contributed by atoms with van der Waals surface area (Å²) in [4.78, 5) is 13.1. The molecule has 2 rings (SSSR count). The van der Waals surface area contributed by atoms with E-state index in [1.807, 2.05) is 0 Å². The molecule has 2 N–H and O–H groups in total. The maximum Gasteiger partial charge on any atom is 0.252 e. The Bertz CT molecular complexity index is 989. The minimum atomic E-state index is -3.59. The van der Waals surface area contributed by atoms with Crippen LogP contribution < -0.4 is 10.6 Å². The number of thiophene rings is 1. The summed E-state index contributed by atoms with van der Waals surface area (Å²) in [5, 5.41) is 6.85. The van der Waals surface area contributed by atoms with Gasteiger partial charge < -0.3 is 10.6 Å². The number of nitrogens with one attached hydrogen (secondary N) is 2. The highest BCUT2D eigenvalue weighted by molar-refractivity contribution is 7.91. The van der Waals surface area contributed by atoms with Crippen LogP contribution >= 0.6 is 22.9 Å². The second-order valence-electron chi connectivity index (χ2n) is 9.07. The van der Waals surface area contributed by atoms with Crippen molar-refractivity contribution in [2.75, 3.05) is 26.7 Å². The Hall–Kier alpha value is -1.45. The molecule has 1 heterocycles. The molecule has 6 nitrogen and oxygen atoms in total. The summed E-state index contributed by atoms with van der Waals surface area (Å²) in [6.07, 6.45) is 4.83. The van der Waals surface area contributed by atoms with Crippen LogP contribution in [-0.4, -0.2) is 45.3 Å². The summed E-state index contributed by atoms with van der Waals surface area (Å²) < 4.78 is 27.9. The maximum absolute atomic E-state index is 13.1. The van der Waals surface area contributed by atoms with Crippen molar-refractivity contribution < 1.29 is 13.2 Å². The molecule has 9 heteroatoms. The van der Waals surface area contributed by atoms with E-state index < -0.39 is 10.0 Å². The van der Waals surface area contributed by atoms with Gasteiger partial charge in [0.1, 0.15) is 4.21 Å². The lowest BCUT2D eigenvalue weighted by Gasteiger charge is -2.30. The van der Waals surface area contributed by atoms with Crippen LogP contribution in [0, 0.1) is 5.41 Å². The van der Waals surface area contributed by atoms with Gasteiger partial charge in [-0.05, 0) is 54.8 Å². The molecule has 184 valence electrons. The molecule has 1 amide bonds. The first-order valence-electron chi connectivity index (χ1n) is 11.3. The third kappa shape index (κ3) is 9.02. The largest absolute Gasteiger partial charge is 0.347 e. The van der Waals surface area contributed by atoms with Gasteiger partial charge in [0.25, 0.3) is 15.9 Å². The number of carbonyl (C=O) groups excluding carboxylic acids is 1. The quantitative estimate of drug-likeness (QED) is 0.342. The third-order valence-electron chi connectivity index (χ3n) is 5.29. The minimum absolute atomic E-state index is 0.195. The summed E-state index contributed by atoms with van der Waals surface area (Å²) in [5.41, 5.74) is 0.309. The van der Waals surface area contributed by atoms with E-state index in [4.69, 9.17) is 11.6 Å². The molecule has 0 aliphatic carbocycles. The summed E-state index contributed by atoms with van der Waals surface area (Å²) in [5.74, 6) is -0.231. The Morgan fingerprint density at radius 3 is 2.45 bits per heavy atom. The number of halogens is 1. The van der Waals surface area contributed by atoms with Gasteiger partial charge in [-0.1, -0.05) is 51.6 Å². The molecular weight excluding hydrogens is 478 g/mol. The number of sulfonamides is 1. The topological polar surface area (TPSA) is 78.5 Å². The van der Waals surface area contributed by atoms with E-state index in [9.17, 15) is 13.2 Å². The monoisotopic (exact) mass is 513 g/mol. The normalized spacial score (nSPS) is 12.3. The van der Waals surface area contributed by atoms with Crippen molar-refractivity contribution in [2.24, 2.45) is 5.41 Å². The fraction of sp³-hybridized carbons (Fsp3) is 0.542. The zero-order valence-corrected chi connectivity index (χ0v) is 22.4. The highest BCUT2D eigenvalue weighted by Crippen LogP contribution is 2.27. The molecular formula is C24H36ClN3O3S2. The van der Waals surface area contributed by atoms with E-state index in [0.29, 0.717) is 17.1 Å². The summed E-state index contributed by atoms with van der Waals surface area (Å²) in [6, 6.07) is 9.98. The molecule has 1 aromatic heterocycles. The van der Waals surface area contributed by atoms with E-state index >= 15 is 0 Å². The van der Waals surface area contributed by atoms with Crippen molar-refractivity contribution in [3.63, 3.8) is 0 Å². The first-order valence-corrected chi connectivity index (χ1v) is 14.0. The number of unbranched alkanes of at least 4 members (excludes halogenated alkanes) is 3. The molecule has 0 saturated carbocycles. The van der Waals surface area contributed by atoms with Gasteiger partial charge in [0, 0.05) is 35.6 Å². The lowest BCUT2D eigenvalue weighted by atomic mass is 9.93. The Morgan fingerprint density at radius 2 is 1.79 bits per heavy atom. The fourth-order valence-electron chi connectivity index (χ4n) is 3.46. The number of amides is 1. The standard InChI is InChI=1S/C24H36ClN3O3S2/c1-5-6-7-8-15-26-17-24(2,3)18-28(4)33(30,31)22-14-13-21(32-22)16-27-23(29)19-9-11-20(25)12-10-19/h9-14,26H,5-8,15-18H2,1-4H3,(H,27,29). The van der Waals surface area contributed by atoms with Crippen LogP contribution in [-0.2, 0) is 16.6 Å². The van der Waals surface area contributed by atoms with Crippen LogP contribution in [0.5, 0.6) is 0 Å². The van der Waals surface area contributed by atoms with Crippen LogP contribution in [0.2, 0.25) is 5.02 Å². The molecule has 33 heavy (non-hydrogen) atoms. The molecule has 0 aliphatic heterocycles. The number of hydrogen-bond acceptors (Lipinski definition) is 5. The molecule has 0 aliphatic rings. The smallest absolute Gasteiger partial charge is 0.252 e. The molecule has 0 unspecified atom stereocenters. The van der Waals surface area contributed by atoms with E-state index in [2.05, 4.69) is 31.4 Å². The average molecular weight is 514 g/mol. The highest BCUT2D eigenvalue weighted by Gasteiger charge is 2.29. The molecule has 0 atom stereocenters. The Labute approximate surface area is 207 Å². The average Bonchev–Trinajstić information content (AvgIpc) is 3.24. The molecule has 1 aromatic carbocycles. The van der Waals surface area contributed by atoms with Crippen LogP contribution in [0.15, 0.2) is 40.6 Å². The van der Waals surface area contributed by atoms with E-state index in [-0.39, 0.29) is 22.1 Å². The van der Waals surface area contributed by atoms with Crippen LogP contribution in [0.25, 0.3) is 0 Å². The SMILES string of the molecule is CCCCCCNCC(C)(C)CN(C)S(=O)(=O)c1ccc(CNC(=O)c2ccc(Cl)cc2)s1. The molecule has 0 fully saturated rings. The first kappa shape index (κ1) is 27.8. The van der Waals surface area contributed by atoms with E-state index in [0.717, 1.165) is 24.4 Å². The van der Waals surface area contributed by atoms with E-state index in [1.54, 1.807) is 43.4 Å². The first-order chi connectivity index (χ1) is 15.5. The lowest BCUT2D eigenvalue weighted by molar-refractivity contribution is 0.0951. The van der Waals surface area contributed by atoms with Crippen molar-refractivity contribution >= 4 is 38.9 Å². The van der Waals surface area contributed by atoms with Crippen LogP contribution in [0.1, 0.15) is 61.7 Å². The van der Waals surface area contributed by atoms with Gasteiger partial charge in [0.05, 0.1) is 6.54 Å². The zero-order chi connectivity index (χ0) is 24.5. The second kappa shape index (κ2) is 12.9. The number of rotatable bonds is 14. The maximum atomic E-state index is 13.1. The summed E-state index contributed by atoms with van der Waals surface area (Å²) in [7, 11) is -1.97. The van der Waals surface area contributed by atoms with Gasteiger partial charge >= 0.3 is 0 Å². The van der Waals surface area contributed by atoms with Crippen molar-refractivity contribution in [2.45, 2.75) is 57.2 Å². The molecule has 0 radical (unpaired) electrons. The summed E-state index contributed by atoms with van der Waals surface area (Å²) >= 11 is 7.04. The highest BCUT2D eigenvalue weighted by atomic mass is 35.5. The van der Waals surface area contributed by atoms with Crippen LogP contribution in [0.3, 0.4) is 0 Å². The fourth-order valence-corrected chi connectivity index (χ4v) is 6.46.